The number of rotatable bonds is 3. The molecule has 0 heterocycles. The van der Waals surface area contributed by atoms with Crippen LogP contribution in [0.3, 0.4) is 0 Å². The molecule has 0 amide bonds. The Morgan fingerprint density at radius 2 is 2.08 bits per heavy atom. The van der Waals surface area contributed by atoms with Gasteiger partial charge in [0.1, 0.15) is 5.75 Å². The summed E-state index contributed by atoms with van der Waals surface area (Å²) in [6.07, 6.45) is 0. The first kappa shape index (κ1) is 9.07. The first-order valence-corrected chi connectivity index (χ1v) is 4.23. The molecule has 1 aromatic carbocycles. The Morgan fingerprint density at radius 3 is 2.67 bits per heavy atom. The molecule has 0 aliphatic rings. The number of para-hydroxylation sites is 1. The van der Waals surface area contributed by atoms with Crippen LogP contribution in [0.1, 0.15) is 25.5 Å². The summed E-state index contributed by atoms with van der Waals surface area (Å²) >= 11 is 0. The average molecular weight is 165 g/mol. The molecule has 0 radical (unpaired) electrons. The first-order valence-electron chi connectivity index (χ1n) is 4.23. The second-order valence-electron chi connectivity index (χ2n) is 2.76. The van der Waals surface area contributed by atoms with Crippen LogP contribution in [0.2, 0.25) is 0 Å². The Kier molecular flexibility index (Phi) is 3.11. The molecule has 0 spiro atoms. The van der Waals surface area contributed by atoms with E-state index in [-0.39, 0.29) is 6.04 Å². The van der Waals surface area contributed by atoms with Gasteiger partial charge in [0.2, 0.25) is 0 Å². The standard InChI is InChI=1S/C10H15NO/c1-3-12-10-7-5-4-6-9(10)8(2)11/h4-8H,3,11H2,1-2H3/t8-/m1/s1. The van der Waals surface area contributed by atoms with Crippen molar-refractivity contribution < 1.29 is 4.74 Å². The highest BCUT2D eigenvalue weighted by Crippen LogP contribution is 2.22. The van der Waals surface area contributed by atoms with Crippen LogP contribution in [0, 0.1) is 0 Å². The maximum Gasteiger partial charge on any atom is 0.124 e. The van der Waals surface area contributed by atoms with Gasteiger partial charge in [0.15, 0.2) is 0 Å². The Bertz CT molecular complexity index is 245. The van der Waals surface area contributed by atoms with Crippen LogP contribution in [0.4, 0.5) is 0 Å². The van der Waals surface area contributed by atoms with Crippen LogP contribution in [0.25, 0.3) is 0 Å². The van der Waals surface area contributed by atoms with E-state index in [2.05, 4.69) is 0 Å². The smallest absolute Gasteiger partial charge is 0.124 e. The van der Waals surface area contributed by atoms with Gasteiger partial charge < -0.3 is 10.5 Å². The fourth-order valence-electron chi connectivity index (χ4n) is 1.14. The van der Waals surface area contributed by atoms with Gasteiger partial charge in [-0.05, 0) is 19.9 Å². The van der Waals surface area contributed by atoms with Crippen molar-refractivity contribution in [1.82, 2.24) is 0 Å². The molecule has 0 fully saturated rings. The topological polar surface area (TPSA) is 35.2 Å². The molecule has 66 valence electrons. The lowest BCUT2D eigenvalue weighted by Gasteiger charge is -2.11. The van der Waals surface area contributed by atoms with E-state index in [9.17, 15) is 0 Å². The summed E-state index contributed by atoms with van der Waals surface area (Å²) in [5.41, 5.74) is 6.83. The second kappa shape index (κ2) is 4.12. The Labute approximate surface area is 73.3 Å². The van der Waals surface area contributed by atoms with Crippen molar-refractivity contribution in [2.75, 3.05) is 6.61 Å². The maximum absolute atomic E-state index is 5.76. The van der Waals surface area contributed by atoms with E-state index in [1.165, 1.54) is 0 Å². The highest BCUT2D eigenvalue weighted by atomic mass is 16.5. The summed E-state index contributed by atoms with van der Waals surface area (Å²) in [6, 6.07) is 7.91. The fraction of sp³-hybridized carbons (Fsp3) is 0.400. The van der Waals surface area contributed by atoms with Gasteiger partial charge in [-0.2, -0.15) is 0 Å². The maximum atomic E-state index is 5.76. The largest absolute Gasteiger partial charge is 0.494 e. The van der Waals surface area contributed by atoms with Crippen molar-refractivity contribution in [2.24, 2.45) is 5.73 Å². The molecule has 0 aliphatic heterocycles. The number of ether oxygens (including phenoxy) is 1. The molecule has 0 aliphatic carbocycles. The van der Waals surface area contributed by atoms with Gasteiger partial charge in [0.25, 0.3) is 0 Å². The normalized spacial score (nSPS) is 12.6. The highest BCUT2D eigenvalue weighted by molar-refractivity contribution is 5.35. The zero-order valence-corrected chi connectivity index (χ0v) is 7.58. The summed E-state index contributed by atoms with van der Waals surface area (Å²) in [6.45, 7) is 4.61. The lowest BCUT2D eigenvalue weighted by Crippen LogP contribution is -2.07. The minimum atomic E-state index is 0.0350. The van der Waals surface area contributed by atoms with Gasteiger partial charge in [-0.3, -0.25) is 0 Å². The summed E-state index contributed by atoms with van der Waals surface area (Å²) in [5, 5.41) is 0. The van der Waals surface area contributed by atoms with Crippen LogP contribution >= 0.6 is 0 Å². The molecule has 1 rings (SSSR count). The minimum Gasteiger partial charge on any atom is -0.494 e. The fourth-order valence-corrected chi connectivity index (χ4v) is 1.14. The Morgan fingerprint density at radius 1 is 1.42 bits per heavy atom. The summed E-state index contributed by atoms with van der Waals surface area (Å²) in [7, 11) is 0. The van der Waals surface area contributed by atoms with Crippen molar-refractivity contribution >= 4 is 0 Å². The van der Waals surface area contributed by atoms with Crippen molar-refractivity contribution in [2.45, 2.75) is 19.9 Å². The molecule has 2 nitrogen and oxygen atoms in total. The minimum absolute atomic E-state index is 0.0350. The quantitative estimate of drug-likeness (QED) is 0.744. The Balaban J connectivity index is 2.92. The van der Waals surface area contributed by atoms with E-state index in [4.69, 9.17) is 10.5 Å². The van der Waals surface area contributed by atoms with Crippen LogP contribution in [-0.2, 0) is 0 Å². The van der Waals surface area contributed by atoms with Crippen LogP contribution < -0.4 is 10.5 Å². The van der Waals surface area contributed by atoms with Gasteiger partial charge >= 0.3 is 0 Å². The molecule has 1 atom stereocenters. The third-order valence-electron chi connectivity index (χ3n) is 1.71. The van der Waals surface area contributed by atoms with Crippen molar-refractivity contribution in [3.8, 4) is 5.75 Å². The second-order valence-corrected chi connectivity index (χ2v) is 2.76. The summed E-state index contributed by atoms with van der Waals surface area (Å²) in [5.74, 6) is 0.898. The van der Waals surface area contributed by atoms with Gasteiger partial charge in [-0.1, -0.05) is 18.2 Å². The van der Waals surface area contributed by atoms with Crippen molar-refractivity contribution in [3.63, 3.8) is 0 Å². The molecule has 0 bridgehead atoms. The number of hydrogen-bond acceptors (Lipinski definition) is 2. The monoisotopic (exact) mass is 165 g/mol. The highest BCUT2D eigenvalue weighted by Gasteiger charge is 2.05. The molecular weight excluding hydrogens is 150 g/mol. The molecule has 0 aromatic heterocycles. The van der Waals surface area contributed by atoms with Gasteiger partial charge in [0.05, 0.1) is 6.61 Å². The predicted molar refractivity (Wildman–Crippen MR) is 50.2 cm³/mol. The van der Waals surface area contributed by atoms with E-state index in [0.717, 1.165) is 11.3 Å². The molecule has 2 N–H and O–H groups in total. The molecular formula is C10H15NO. The van der Waals surface area contributed by atoms with E-state index in [1.54, 1.807) is 0 Å². The summed E-state index contributed by atoms with van der Waals surface area (Å²) in [4.78, 5) is 0. The molecule has 1 aromatic rings. The van der Waals surface area contributed by atoms with Crippen molar-refractivity contribution in [1.29, 1.82) is 0 Å². The zero-order valence-electron chi connectivity index (χ0n) is 7.58. The Hall–Kier alpha value is -1.02. The van der Waals surface area contributed by atoms with Gasteiger partial charge in [0, 0.05) is 11.6 Å². The zero-order chi connectivity index (χ0) is 8.97. The van der Waals surface area contributed by atoms with Gasteiger partial charge in [-0.15, -0.1) is 0 Å². The third-order valence-corrected chi connectivity index (χ3v) is 1.71. The summed E-state index contributed by atoms with van der Waals surface area (Å²) < 4.78 is 5.42. The SMILES string of the molecule is CCOc1ccccc1[C@@H](C)N. The number of benzene rings is 1. The third kappa shape index (κ3) is 1.98. The van der Waals surface area contributed by atoms with Crippen LogP contribution in [-0.4, -0.2) is 6.61 Å². The van der Waals surface area contributed by atoms with Crippen LogP contribution in [0.15, 0.2) is 24.3 Å². The molecule has 0 unspecified atom stereocenters. The lowest BCUT2D eigenvalue weighted by atomic mass is 10.1. The lowest BCUT2D eigenvalue weighted by molar-refractivity contribution is 0.335. The van der Waals surface area contributed by atoms with E-state index < -0.39 is 0 Å². The van der Waals surface area contributed by atoms with E-state index >= 15 is 0 Å². The molecule has 0 saturated heterocycles. The van der Waals surface area contributed by atoms with Crippen molar-refractivity contribution in [3.05, 3.63) is 29.8 Å². The number of hydrogen-bond donors (Lipinski definition) is 1. The van der Waals surface area contributed by atoms with E-state index in [1.807, 2.05) is 38.1 Å². The molecule has 12 heavy (non-hydrogen) atoms. The predicted octanol–water partition coefficient (Wildman–Crippen LogP) is 2.10. The average Bonchev–Trinajstić information content (AvgIpc) is 2.05. The first-order chi connectivity index (χ1) is 5.75. The molecule has 2 heteroatoms. The molecule has 0 saturated carbocycles. The number of nitrogens with two attached hydrogens (primary N) is 1. The van der Waals surface area contributed by atoms with E-state index in [0.29, 0.717) is 6.61 Å². The van der Waals surface area contributed by atoms with Gasteiger partial charge in [-0.25, -0.2) is 0 Å². The van der Waals surface area contributed by atoms with Crippen LogP contribution in [0.5, 0.6) is 5.75 Å².